The summed E-state index contributed by atoms with van der Waals surface area (Å²) in [6.45, 7) is -0.960. The molecule has 0 amide bonds. The maximum absolute atomic E-state index is 14.7. The SMILES string of the molecule is Nc1ncnc2c1ncn2[C@H]1CC[C@@H](COP(=O)(O)O[C@@H]2C[C@@H](COP(=O)(O)O)O[C@H]2n2cc(F)c3c(=O)[nH]cnc32)O1. The van der Waals surface area contributed by atoms with E-state index >= 15 is 0 Å². The van der Waals surface area contributed by atoms with Gasteiger partial charge in [0.1, 0.15) is 29.6 Å². The number of nitrogens with one attached hydrogen (secondary N) is 1. The zero-order valence-electron chi connectivity index (χ0n) is 21.9. The highest BCUT2D eigenvalue weighted by molar-refractivity contribution is 7.47. The van der Waals surface area contributed by atoms with E-state index in [4.69, 9.17) is 34.0 Å². The molecule has 2 fully saturated rings. The lowest BCUT2D eigenvalue weighted by Gasteiger charge is -2.23. The number of fused-ring (bicyclic) bond motifs is 2. The number of aromatic amines is 1. The van der Waals surface area contributed by atoms with Gasteiger partial charge in [-0.25, -0.2) is 33.5 Å². The first-order chi connectivity index (χ1) is 20.4. The minimum atomic E-state index is -4.88. The molecule has 2 aliphatic rings. The average molecular weight is 646 g/mol. The Morgan fingerprint density at radius 3 is 2.63 bits per heavy atom. The summed E-state index contributed by atoms with van der Waals surface area (Å²) < 4.78 is 68.5. The third-order valence-electron chi connectivity index (χ3n) is 6.89. The van der Waals surface area contributed by atoms with Crippen molar-refractivity contribution in [3.63, 3.8) is 0 Å². The van der Waals surface area contributed by atoms with Crippen molar-refractivity contribution in [1.29, 1.82) is 0 Å². The molecule has 0 bridgehead atoms. The first-order valence-corrected chi connectivity index (χ1v) is 15.7. The Kier molecular flexibility index (Phi) is 7.93. The Bertz CT molecular complexity index is 1810. The molecule has 6 N–H and O–H groups in total. The monoisotopic (exact) mass is 646 g/mol. The summed E-state index contributed by atoms with van der Waals surface area (Å²) in [5.74, 6) is -0.735. The Labute approximate surface area is 239 Å². The van der Waals surface area contributed by atoms with Crippen LogP contribution in [-0.4, -0.2) is 80.3 Å². The lowest BCUT2D eigenvalue weighted by atomic mass is 10.2. The topological polar surface area (TPSA) is 261 Å². The van der Waals surface area contributed by atoms with Gasteiger partial charge in [0.2, 0.25) is 0 Å². The lowest BCUT2D eigenvalue weighted by molar-refractivity contribution is -0.0530. The van der Waals surface area contributed by atoms with Crippen molar-refractivity contribution in [3.8, 4) is 0 Å². The van der Waals surface area contributed by atoms with E-state index in [1.165, 1.54) is 12.7 Å². The predicted octanol–water partition coefficient (Wildman–Crippen LogP) is 0.862. The Morgan fingerprint density at radius 1 is 1.05 bits per heavy atom. The molecule has 0 aromatic carbocycles. The highest BCUT2D eigenvalue weighted by Gasteiger charge is 2.44. The highest BCUT2D eigenvalue weighted by Crippen LogP contribution is 2.50. The van der Waals surface area contributed by atoms with Crippen LogP contribution >= 0.6 is 15.6 Å². The first-order valence-electron chi connectivity index (χ1n) is 12.7. The standard InChI is InChI=1S/C21H25FN8O11P2/c22-12-4-29(18-15(12)20(31)27-8-25-18)21-13(3-11(40-21)6-37-42(32,33)34)41-43(35,36)38-5-10-1-2-14(39-10)30-9-28-16-17(23)24-7-26-19(16)30/h4,7-11,13-14,21H,1-3,5-6H2,(H,35,36)(H2,23,24,26)(H,25,27,31)(H2,32,33,34)/t10-,11-,13+,14+,21+/m0/s1. The van der Waals surface area contributed by atoms with Gasteiger partial charge in [0.15, 0.2) is 29.2 Å². The second-order valence-corrected chi connectivity index (χ2v) is 12.4. The van der Waals surface area contributed by atoms with E-state index in [1.807, 2.05) is 0 Å². The zero-order valence-corrected chi connectivity index (χ0v) is 23.7. The summed E-state index contributed by atoms with van der Waals surface area (Å²) in [5, 5.41) is -0.393. The van der Waals surface area contributed by atoms with Crippen molar-refractivity contribution in [3.05, 3.63) is 41.3 Å². The number of rotatable bonds is 10. The van der Waals surface area contributed by atoms with Crippen LogP contribution in [0.15, 0.2) is 30.0 Å². The molecule has 0 radical (unpaired) electrons. The molecule has 1 unspecified atom stereocenters. The molecule has 6 heterocycles. The third-order valence-corrected chi connectivity index (χ3v) is 8.39. The minimum Gasteiger partial charge on any atom is -0.382 e. The van der Waals surface area contributed by atoms with Crippen LogP contribution in [0.3, 0.4) is 0 Å². The van der Waals surface area contributed by atoms with Crippen LogP contribution in [-0.2, 0) is 32.2 Å². The third kappa shape index (κ3) is 6.25. The van der Waals surface area contributed by atoms with Crippen LogP contribution in [0.4, 0.5) is 10.2 Å². The van der Waals surface area contributed by atoms with Gasteiger partial charge in [-0.2, -0.15) is 0 Å². The minimum absolute atomic E-state index is 0.158. The summed E-state index contributed by atoms with van der Waals surface area (Å²) in [5.41, 5.74) is 5.77. The lowest BCUT2D eigenvalue weighted by Crippen LogP contribution is -2.23. The molecule has 4 aromatic heterocycles. The number of imidazole rings is 1. The van der Waals surface area contributed by atoms with E-state index < -0.39 is 69.8 Å². The van der Waals surface area contributed by atoms with Crippen molar-refractivity contribution in [1.82, 2.24) is 34.1 Å². The van der Waals surface area contributed by atoms with Gasteiger partial charge in [0.05, 0.1) is 38.1 Å². The Hall–Kier alpha value is -3.16. The average Bonchev–Trinajstić information content (AvgIpc) is 3.72. The molecular formula is C21H25FN8O11P2. The summed E-state index contributed by atoms with van der Waals surface area (Å²) in [6, 6.07) is 0. The number of H-pyrrole nitrogens is 1. The van der Waals surface area contributed by atoms with Gasteiger partial charge in [-0.15, -0.1) is 0 Å². The fourth-order valence-corrected chi connectivity index (χ4v) is 6.37. The molecule has 19 nitrogen and oxygen atoms in total. The second kappa shape index (κ2) is 11.4. The number of anilines is 1. The molecule has 0 saturated carbocycles. The fourth-order valence-electron chi connectivity index (χ4n) is 5.06. The van der Waals surface area contributed by atoms with Gasteiger partial charge in [0.25, 0.3) is 5.56 Å². The zero-order chi connectivity index (χ0) is 30.5. The maximum atomic E-state index is 14.7. The van der Waals surface area contributed by atoms with E-state index in [1.54, 1.807) is 4.57 Å². The molecular weight excluding hydrogens is 621 g/mol. The molecule has 0 aliphatic carbocycles. The van der Waals surface area contributed by atoms with Gasteiger partial charge < -0.3 is 39.4 Å². The maximum Gasteiger partial charge on any atom is 0.472 e. The molecule has 43 heavy (non-hydrogen) atoms. The van der Waals surface area contributed by atoms with Crippen LogP contribution in [0.1, 0.15) is 31.7 Å². The normalized spacial score (nSPS) is 26.0. The Morgan fingerprint density at radius 2 is 1.84 bits per heavy atom. The molecule has 2 saturated heterocycles. The largest absolute Gasteiger partial charge is 0.472 e. The van der Waals surface area contributed by atoms with Gasteiger partial charge >= 0.3 is 15.6 Å². The van der Waals surface area contributed by atoms with Crippen molar-refractivity contribution in [2.75, 3.05) is 18.9 Å². The Balaban J connectivity index is 1.15. The number of hydrogen-bond donors (Lipinski definition) is 5. The van der Waals surface area contributed by atoms with Gasteiger partial charge in [-0.05, 0) is 12.8 Å². The van der Waals surface area contributed by atoms with Crippen molar-refractivity contribution in [2.45, 2.75) is 50.0 Å². The van der Waals surface area contributed by atoms with Crippen LogP contribution in [0, 0.1) is 5.82 Å². The molecule has 232 valence electrons. The number of phosphoric ester groups is 2. The highest BCUT2D eigenvalue weighted by atomic mass is 31.2. The molecule has 22 heteroatoms. The number of nitrogens with zero attached hydrogens (tertiary/aromatic N) is 6. The van der Waals surface area contributed by atoms with E-state index in [9.17, 15) is 23.2 Å². The van der Waals surface area contributed by atoms with Gasteiger partial charge in [0, 0.05) is 12.6 Å². The summed E-state index contributed by atoms with van der Waals surface area (Å²) in [4.78, 5) is 59.4. The smallest absolute Gasteiger partial charge is 0.382 e. The number of halogens is 1. The van der Waals surface area contributed by atoms with Gasteiger partial charge in [-0.1, -0.05) is 0 Å². The molecule has 4 aromatic rings. The van der Waals surface area contributed by atoms with Crippen molar-refractivity contribution in [2.24, 2.45) is 0 Å². The van der Waals surface area contributed by atoms with Crippen LogP contribution in [0.25, 0.3) is 22.2 Å². The number of ether oxygens (including phenoxy) is 2. The number of phosphoric acid groups is 2. The fraction of sp³-hybridized carbons (Fsp3) is 0.476. The molecule has 2 aliphatic heterocycles. The van der Waals surface area contributed by atoms with Crippen LogP contribution in [0.2, 0.25) is 0 Å². The summed E-state index contributed by atoms with van der Waals surface area (Å²) in [6.07, 6.45) is 0.636. The predicted molar refractivity (Wildman–Crippen MR) is 140 cm³/mol. The number of nitrogen functional groups attached to an aromatic ring is 1. The second-order valence-electron chi connectivity index (χ2n) is 9.77. The quantitative estimate of drug-likeness (QED) is 0.150. The summed E-state index contributed by atoms with van der Waals surface area (Å²) in [7, 11) is -9.71. The van der Waals surface area contributed by atoms with Crippen LogP contribution < -0.4 is 11.3 Å². The first kappa shape index (κ1) is 29.9. The number of aromatic nitrogens is 7. The van der Waals surface area contributed by atoms with E-state index in [-0.39, 0.29) is 24.5 Å². The van der Waals surface area contributed by atoms with E-state index in [0.717, 1.165) is 17.1 Å². The molecule has 6 atom stereocenters. The van der Waals surface area contributed by atoms with E-state index in [2.05, 4.69) is 29.4 Å². The molecule has 6 rings (SSSR count). The van der Waals surface area contributed by atoms with Crippen molar-refractivity contribution >= 4 is 43.7 Å². The van der Waals surface area contributed by atoms with Gasteiger partial charge in [-0.3, -0.25) is 22.9 Å². The molecule has 0 spiro atoms. The van der Waals surface area contributed by atoms with Crippen LogP contribution in [0.5, 0.6) is 0 Å². The number of nitrogens with two attached hydrogens (primary N) is 1. The van der Waals surface area contributed by atoms with E-state index in [0.29, 0.717) is 24.0 Å². The summed E-state index contributed by atoms with van der Waals surface area (Å²) >= 11 is 0. The van der Waals surface area contributed by atoms with Crippen molar-refractivity contribution < 1.29 is 51.2 Å². The number of hydrogen-bond acceptors (Lipinski definition) is 13.